The third-order valence-electron chi connectivity index (χ3n) is 4.60. The monoisotopic (exact) mass is 371 g/mol. The molecule has 4 rings (SSSR count). The smallest absolute Gasteiger partial charge is 0.270 e. The molecule has 4 aromatic rings. The van der Waals surface area contributed by atoms with Gasteiger partial charge in [-0.25, -0.2) is 4.68 Å². The Morgan fingerprint density at radius 2 is 1.89 bits per heavy atom. The molecule has 0 saturated carbocycles. The van der Waals surface area contributed by atoms with Gasteiger partial charge in [-0.3, -0.25) is 9.78 Å². The fraction of sp³-hybridized carbons (Fsp3) is 0.136. The quantitative estimate of drug-likeness (QED) is 0.584. The first kappa shape index (κ1) is 17.7. The number of pyridine rings is 1. The maximum absolute atomic E-state index is 13.0. The Hall–Kier alpha value is -3.67. The summed E-state index contributed by atoms with van der Waals surface area (Å²) in [6.07, 6.45) is 5.39. The van der Waals surface area contributed by atoms with E-state index in [4.69, 9.17) is 5.10 Å². The number of hydrogen-bond acceptors (Lipinski definition) is 3. The summed E-state index contributed by atoms with van der Waals surface area (Å²) in [6, 6.07) is 17.5. The van der Waals surface area contributed by atoms with E-state index in [2.05, 4.69) is 10.3 Å². The van der Waals surface area contributed by atoms with Gasteiger partial charge in [-0.1, -0.05) is 12.1 Å². The number of rotatable bonds is 5. The van der Waals surface area contributed by atoms with Crippen molar-refractivity contribution < 1.29 is 4.79 Å². The molecule has 1 amide bonds. The highest BCUT2D eigenvalue weighted by Gasteiger charge is 2.18. The molecule has 28 heavy (non-hydrogen) atoms. The van der Waals surface area contributed by atoms with E-state index in [0.29, 0.717) is 12.2 Å². The van der Waals surface area contributed by atoms with Crippen molar-refractivity contribution in [2.24, 2.45) is 7.05 Å². The minimum atomic E-state index is -0.175. The molecule has 140 valence electrons. The average molecular weight is 371 g/mol. The first-order chi connectivity index (χ1) is 13.6. The van der Waals surface area contributed by atoms with Crippen molar-refractivity contribution in [3.8, 4) is 17.1 Å². The van der Waals surface area contributed by atoms with Crippen molar-refractivity contribution in [2.75, 3.05) is 0 Å². The third-order valence-corrected chi connectivity index (χ3v) is 4.60. The van der Waals surface area contributed by atoms with E-state index < -0.39 is 0 Å². The Labute approximate surface area is 163 Å². The number of hydrogen-bond donors (Lipinski definition) is 1. The number of carbonyl (C=O) groups excluding carboxylic acids is 1. The lowest BCUT2D eigenvalue weighted by Crippen LogP contribution is -2.25. The van der Waals surface area contributed by atoms with E-state index in [9.17, 15) is 4.79 Å². The van der Waals surface area contributed by atoms with Gasteiger partial charge in [-0.2, -0.15) is 5.10 Å². The molecule has 0 aliphatic carbocycles. The van der Waals surface area contributed by atoms with Crippen LogP contribution < -0.4 is 5.32 Å². The summed E-state index contributed by atoms with van der Waals surface area (Å²) >= 11 is 0. The Morgan fingerprint density at radius 1 is 1.07 bits per heavy atom. The van der Waals surface area contributed by atoms with E-state index in [0.717, 1.165) is 28.2 Å². The predicted molar refractivity (Wildman–Crippen MR) is 108 cm³/mol. The molecule has 0 fully saturated rings. The molecular weight excluding hydrogens is 350 g/mol. The molecule has 3 heterocycles. The molecule has 0 bridgehead atoms. The van der Waals surface area contributed by atoms with Crippen LogP contribution in [0, 0.1) is 6.92 Å². The van der Waals surface area contributed by atoms with Gasteiger partial charge < -0.3 is 9.88 Å². The van der Waals surface area contributed by atoms with Crippen LogP contribution in [0.5, 0.6) is 0 Å². The molecule has 1 aromatic carbocycles. The van der Waals surface area contributed by atoms with E-state index in [1.165, 1.54) is 0 Å². The molecule has 0 saturated heterocycles. The van der Waals surface area contributed by atoms with Crippen molar-refractivity contribution in [2.45, 2.75) is 13.5 Å². The highest BCUT2D eigenvalue weighted by molar-refractivity contribution is 5.94. The van der Waals surface area contributed by atoms with Crippen LogP contribution in [0.3, 0.4) is 0 Å². The summed E-state index contributed by atoms with van der Waals surface area (Å²) in [5, 5.41) is 7.70. The van der Waals surface area contributed by atoms with Gasteiger partial charge >= 0.3 is 0 Å². The first-order valence-electron chi connectivity index (χ1n) is 9.08. The fourth-order valence-electron chi connectivity index (χ4n) is 3.13. The van der Waals surface area contributed by atoms with Gasteiger partial charge in [-0.15, -0.1) is 0 Å². The summed E-state index contributed by atoms with van der Waals surface area (Å²) in [7, 11) is 1.96. The van der Waals surface area contributed by atoms with Crippen LogP contribution in [-0.4, -0.2) is 25.2 Å². The molecule has 0 aliphatic heterocycles. The first-order valence-corrected chi connectivity index (χ1v) is 9.08. The van der Waals surface area contributed by atoms with Crippen molar-refractivity contribution in [1.82, 2.24) is 24.6 Å². The lowest BCUT2D eigenvalue weighted by atomic mass is 10.2. The van der Waals surface area contributed by atoms with E-state index in [-0.39, 0.29) is 5.91 Å². The maximum Gasteiger partial charge on any atom is 0.270 e. The number of benzene rings is 1. The SMILES string of the molecule is Cc1cccc(-n2nc(-c3cccn3C)cc2C(=O)NCc2ccncc2)c1. The number of aryl methyl sites for hydroxylation is 2. The standard InChI is InChI=1S/C22H21N5O/c1-16-5-3-6-18(13-16)27-21(14-19(25-27)20-7-4-12-26(20)2)22(28)24-15-17-8-10-23-11-9-17/h3-14H,15H2,1-2H3,(H,24,28). The Balaban J connectivity index is 1.71. The molecule has 3 aromatic heterocycles. The Bertz CT molecular complexity index is 1110. The number of aromatic nitrogens is 4. The summed E-state index contributed by atoms with van der Waals surface area (Å²) < 4.78 is 3.69. The van der Waals surface area contributed by atoms with Crippen LogP contribution in [-0.2, 0) is 13.6 Å². The van der Waals surface area contributed by atoms with Crippen LogP contribution in [0.15, 0.2) is 73.2 Å². The van der Waals surface area contributed by atoms with Crippen molar-refractivity contribution >= 4 is 5.91 Å². The highest BCUT2D eigenvalue weighted by atomic mass is 16.2. The van der Waals surface area contributed by atoms with Crippen LogP contribution in [0.2, 0.25) is 0 Å². The summed E-state index contributed by atoms with van der Waals surface area (Å²) in [5.74, 6) is -0.175. The maximum atomic E-state index is 13.0. The minimum Gasteiger partial charge on any atom is -0.349 e. The van der Waals surface area contributed by atoms with Crippen LogP contribution >= 0.6 is 0 Å². The molecule has 0 spiro atoms. The van der Waals surface area contributed by atoms with E-state index in [1.807, 2.05) is 79.3 Å². The van der Waals surface area contributed by atoms with Crippen LogP contribution in [0.4, 0.5) is 0 Å². The van der Waals surface area contributed by atoms with Gasteiger partial charge in [0.15, 0.2) is 0 Å². The summed E-state index contributed by atoms with van der Waals surface area (Å²) in [4.78, 5) is 17.0. The van der Waals surface area contributed by atoms with Gasteiger partial charge in [0, 0.05) is 32.2 Å². The minimum absolute atomic E-state index is 0.175. The molecule has 0 aliphatic rings. The molecule has 0 atom stereocenters. The number of nitrogens with one attached hydrogen (secondary N) is 1. The van der Waals surface area contributed by atoms with Gasteiger partial charge in [0.05, 0.1) is 11.4 Å². The lowest BCUT2D eigenvalue weighted by molar-refractivity contribution is 0.0943. The second-order valence-corrected chi connectivity index (χ2v) is 6.71. The molecule has 1 N–H and O–H groups in total. The zero-order valence-corrected chi connectivity index (χ0v) is 15.8. The average Bonchev–Trinajstić information content (AvgIpc) is 3.33. The summed E-state index contributed by atoms with van der Waals surface area (Å²) in [5.41, 5.74) is 5.16. The van der Waals surface area contributed by atoms with E-state index >= 15 is 0 Å². The van der Waals surface area contributed by atoms with Crippen molar-refractivity contribution in [3.05, 3.63) is 90.0 Å². The highest BCUT2D eigenvalue weighted by Crippen LogP contribution is 2.22. The number of carbonyl (C=O) groups is 1. The van der Waals surface area contributed by atoms with Crippen molar-refractivity contribution in [3.63, 3.8) is 0 Å². The van der Waals surface area contributed by atoms with Crippen LogP contribution in [0.25, 0.3) is 17.1 Å². The van der Waals surface area contributed by atoms with Gasteiger partial charge in [-0.05, 0) is 60.5 Å². The normalized spacial score (nSPS) is 10.8. The van der Waals surface area contributed by atoms with E-state index in [1.54, 1.807) is 17.1 Å². The molecule has 6 nitrogen and oxygen atoms in total. The van der Waals surface area contributed by atoms with Gasteiger partial charge in [0.25, 0.3) is 5.91 Å². The lowest BCUT2D eigenvalue weighted by Gasteiger charge is -2.09. The van der Waals surface area contributed by atoms with Crippen molar-refractivity contribution in [1.29, 1.82) is 0 Å². The molecule has 0 radical (unpaired) electrons. The second kappa shape index (κ2) is 7.52. The predicted octanol–water partition coefficient (Wildman–Crippen LogP) is 3.51. The molecule has 6 heteroatoms. The van der Waals surface area contributed by atoms with Crippen LogP contribution in [0.1, 0.15) is 21.6 Å². The molecular formula is C22H21N5O. The fourth-order valence-corrected chi connectivity index (χ4v) is 3.13. The third kappa shape index (κ3) is 3.57. The zero-order chi connectivity index (χ0) is 19.5. The molecule has 0 unspecified atom stereocenters. The largest absolute Gasteiger partial charge is 0.349 e. The topological polar surface area (TPSA) is 64.7 Å². The Morgan fingerprint density at radius 3 is 2.61 bits per heavy atom. The zero-order valence-electron chi connectivity index (χ0n) is 15.8. The number of amides is 1. The van der Waals surface area contributed by atoms with Gasteiger partial charge in [0.1, 0.15) is 11.4 Å². The summed E-state index contributed by atoms with van der Waals surface area (Å²) in [6.45, 7) is 2.45. The van der Waals surface area contributed by atoms with Gasteiger partial charge in [0.2, 0.25) is 0 Å². The second-order valence-electron chi connectivity index (χ2n) is 6.71. The Kier molecular flexibility index (Phi) is 4.76. The number of nitrogens with zero attached hydrogens (tertiary/aromatic N) is 4.